The minimum Gasteiger partial charge on any atom is -0.491 e. The Bertz CT molecular complexity index is 1180. The number of hydrogen-bond donors (Lipinski definition) is 1. The predicted octanol–water partition coefficient (Wildman–Crippen LogP) is 7.08. The number of nitrogens with one attached hydrogen (secondary N) is 1. The third-order valence-corrected chi connectivity index (χ3v) is 4.54. The molecule has 7 nitrogen and oxygen atoms in total. The van der Waals surface area contributed by atoms with Crippen molar-refractivity contribution in [3.05, 3.63) is 54.6 Å². The molecule has 0 aromatic heterocycles. The zero-order chi connectivity index (χ0) is 24.9. The van der Waals surface area contributed by atoms with Crippen LogP contribution in [0.1, 0.15) is 48.0 Å². The maximum absolute atomic E-state index is 12.3. The molecule has 0 unspecified atom stereocenters. The Morgan fingerprint density at radius 1 is 0.912 bits per heavy atom. The largest absolute Gasteiger partial charge is 0.491 e. The van der Waals surface area contributed by atoms with Crippen molar-refractivity contribution >= 4 is 28.5 Å². The lowest BCUT2D eigenvalue weighted by Crippen LogP contribution is -2.27. The minimum absolute atomic E-state index is 0.0315. The normalized spacial score (nSPS) is 11.3. The van der Waals surface area contributed by atoms with Crippen LogP contribution in [0.3, 0.4) is 0 Å². The molecule has 0 heterocycles. The molecule has 0 aliphatic carbocycles. The lowest BCUT2D eigenvalue weighted by molar-refractivity contribution is -0.134. The summed E-state index contributed by atoms with van der Waals surface area (Å²) in [7, 11) is 0. The Labute approximate surface area is 200 Å². The summed E-state index contributed by atoms with van der Waals surface area (Å²) < 4.78 is 22.9. The van der Waals surface area contributed by atoms with E-state index in [-0.39, 0.29) is 18.5 Å². The van der Waals surface area contributed by atoms with Crippen LogP contribution in [-0.4, -0.2) is 23.8 Å². The van der Waals surface area contributed by atoms with Crippen LogP contribution < -0.4 is 19.5 Å². The monoisotopic (exact) mass is 465 g/mol. The smallest absolute Gasteiger partial charge is 0.412 e. The molecule has 7 heteroatoms. The minimum atomic E-state index is -0.613. The van der Waals surface area contributed by atoms with Crippen molar-refractivity contribution in [2.24, 2.45) is 0 Å². The fourth-order valence-electron chi connectivity index (χ4n) is 3.19. The fourth-order valence-corrected chi connectivity index (χ4v) is 3.19. The van der Waals surface area contributed by atoms with Crippen molar-refractivity contribution in [1.29, 1.82) is 0 Å². The molecule has 3 aromatic carbocycles. The molecule has 0 aliphatic heterocycles. The Morgan fingerprint density at radius 2 is 1.59 bits per heavy atom. The molecular weight excluding hydrogens is 434 g/mol. The van der Waals surface area contributed by atoms with E-state index in [1.54, 1.807) is 37.3 Å². The van der Waals surface area contributed by atoms with Crippen molar-refractivity contribution in [2.75, 3.05) is 5.32 Å². The second-order valence-electron chi connectivity index (χ2n) is 8.99. The fraction of sp³-hybridized carbons (Fsp3) is 0.333. The van der Waals surface area contributed by atoms with Crippen LogP contribution in [0.4, 0.5) is 10.5 Å². The van der Waals surface area contributed by atoms with Crippen LogP contribution in [0.2, 0.25) is 0 Å². The van der Waals surface area contributed by atoms with Crippen LogP contribution >= 0.6 is 0 Å². The van der Waals surface area contributed by atoms with E-state index in [0.717, 1.165) is 10.8 Å². The van der Waals surface area contributed by atoms with E-state index in [1.165, 1.54) is 0 Å². The van der Waals surface area contributed by atoms with Gasteiger partial charge < -0.3 is 18.9 Å². The topological polar surface area (TPSA) is 83.1 Å². The number of amides is 1. The van der Waals surface area contributed by atoms with Gasteiger partial charge in [-0.2, -0.15) is 0 Å². The summed E-state index contributed by atoms with van der Waals surface area (Å²) in [6.45, 7) is 11.0. The summed E-state index contributed by atoms with van der Waals surface area (Å²) in [6.07, 6.45) is -0.341. The summed E-state index contributed by atoms with van der Waals surface area (Å²) in [5, 5.41) is 4.34. The molecule has 180 valence electrons. The lowest BCUT2D eigenvalue weighted by atomic mass is 10.1. The van der Waals surface area contributed by atoms with E-state index in [2.05, 4.69) is 5.32 Å². The van der Waals surface area contributed by atoms with Gasteiger partial charge in [0.1, 0.15) is 17.1 Å². The highest BCUT2D eigenvalue weighted by molar-refractivity contribution is 6.03. The van der Waals surface area contributed by atoms with E-state index < -0.39 is 11.7 Å². The van der Waals surface area contributed by atoms with Crippen molar-refractivity contribution in [3.63, 3.8) is 0 Å². The number of ether oxygens (including phenoxy) is 4. The Morgan fingerprint density at radius 3 is 2.24 bits per heavy atom. The van der Waals surface area contributed by atoms with E-state index in [1.807, 2.05) is 58.9 Å². The van der Waals surface area contributed by atoms with Crippen molar-refractivity contribution in [2.45, 2.75) is 59.7 Å². The first-order valence-corrected chi connectivity index (χ1v) is 11.3. The van der Waals surface area contributed by atoms with E-state index in [9.17, 15) is 9.59 Å². The van der Waals surface area contributed by atoms with Gasteiger partial charge in [-0.25, -0.2) is 4.79 Å². The second-order valence-corrected chi connectivity index (χ2v) is 8.99. The molecule has 0 saturated carbocycles. The van der Waals surface area contributed by atoms with E-state index >= 15 is 0 Å². The maximum Gasteiger partial charge on any atom is 0.412 e. The summed E-state index contributed by atoms with van der Waals surface area (Å²) >= 11 is 0. The van der Waals surface area contributed by atoms with Crippen molar-refractivity contribution in [1.82, 2.24) is 0 Å². The molecule has 3 rings (SSSR count). The summed E-state index contributed by atoms with van der Waals surface area (Å²) in [5.41, 5.74) is -0.0232. The van der Waals surface area contributed by atoms with Gasteiger partial charge in [0.15, 0.2) is 11.5 Å². The third-order valence-electron chi connectivity index (χ3n) is 4.54. The van der Waals surface area contributed by atoms with Gasteiger partial charge in [-0.15, -0.1) is 0 Å². The first-order valence-electron chi connectivity index (χ1n) is 11.3. The molecule has 0 fully saturated rings. The summed E-state index contributed by atoms with van der Waals surface area (Å²) in [5.74, 6) is 1.39. The Kier molecular flexibility index (Phi) is 7.66. The molecule has 0 aliphatic rings. The van der Waals surface area contributed by atoms with Gasteiger partial charge in [0.25, 0.3) is 0 Å². The molecule has 1 amide bonds. The number of carbonyl (C=O) groups excluding carboxylic acids is 2. The molecule has 0 bridgehead atoms. The van der Waals surface area contributed by atoms with Crippen LogP contribution in [0.25, 0.3) is 10.8 Å². The highest BCUT2D eigenvalue weighted by Crippen LogP contribution is 2.40. The van der Waals surface area contributed by atoms with Gasteiger partial charge in [-0.3, -0.25) is 10.1 Å². The number of benzene rings is 3. The van der Waals surface area contributed by atoms with E-state index in [4.69, 9.17) is 18.9 Å². The zero-order valence-corrected chi connectivity index (χ0v) is 20.4. The average molecular weight is 466 g/mol. The van der Waals surface area contributed by atoms with Crippen molar-refractivity contribution < 1.29 is 28.5 Å². The number of rotatable bonds is 7. The first kappa shape index (κ1) is 24.9. The molecule has 3 aromatic rings. The van der Waals surface area contributed by atoms with Gasteiger partial charge >= 0.3 is 12.1 Å². The van der Waals surface area contributed by atoms with E-state index in [0.29, 0.717) is 28.7 Å². The number of hydrogen-bond acceptors (Lipinski definition) is 6. The van der Waals surface area contributed by atoms with Crippen LogP contribution in [0.15, 0.2) is 54.6 Å². The Hall–Kier alpha value is -3.74. The third kappa shape index (κ3) is 6.63. The first-order chi connectivity index (χ1) is 16.1. The van der Waals surface area contributed by atoms with Crippen LogP contribution in [0, 0.1) is 0 Å². The summed E-state index contributed by atoms with van der Waals surface area (Å²) in [4.78, 5) is 24.3. The quantitative estimate of drug-likeness (QED) is 0.296. The molecule has 0 atom stereocenters. The lowest BCUT2D eigenvalue weighted by Gasteiger charge is -2.20. The maximum atomic E-state index is 12.3. The van der Waals surface area contributed by atoms with Gasteiger partial charge in [0.05, 0.1) is 11.8 Å². The molecule has 1 N–H and O–H groups in total. The SMILES string of the molecule is CCC(=O)Oc1ccc(OC(C)C)cc1Oc1ccc(NC(=O)OC(C)(C)C)c2ccccc12. The highest BCUT2D eigenvalue weighted by Gasteiger charge is 2.19. The standard InChI is InChI=1S/C27H31NO6/c1-7-25(29)33-23-14-12-18(31-17(2)3)16-24(23)32-22-15-13-21(19-10-8-9-11-20(19)22)28-26(30)34-27(4,5)6/h8-17H,7H2,1-6H3,(H,28,30). The average Bonchev–Trinajstić information content (AvgIpc) is 2.75. The second kappa shape index (κ2) is 10.5. The molecule has 0 saturated heterocycles. The predicted molar refractivity (Wildman–Crippen MR) is 132 cm³/mol. The zero-order valence-electron chi connectivity index (χ0n) is 20.4. The van der Waals surface area contributed by atoms with Crippen molar-refractivity contribution in [3.8, 4) is 23.0 Å². The van der Waals surface area contributed by atoms with Gasteiger partial charge in [0.2, 0.25) is 0 Å². The van der Waals surface area contributed by atoms with Crippen LogP contribution in [-0.2, 0) is 9.53 Å². The molecule has 34 heavy (non-hydrogen) atoms. The number of esters is 1. The van der Waals surface area contributed by atoms with Crippen LogP contribution in [0.5, 0.6) is 23.0 Å². The highest BCUT2D eigenvalue weighted by atomic mass is 16.6. The summed E-state index contributed by atoms with van der Waals surface area (Å²) in [6, 6.07) is 16.1. The number of anilines is 1. The molecular formula is C27H31NO6. The van der Waals surface area contributed by atoms with Gasteiger partial charge in [-0.1, -0.05) is 31.2 Å². The van der Waals surface area contributed by atoms with Gasteiger partial charge in [0, 0.05) is 23.3 Å². The molecule has 0 spiro atoms. The Balaban J connectivity index is 1.98. The van der Waals surface area contributed by atoms with Gasteiger partial charge in [-0.05, 0) is 58.9 Å². The number of carbonyl (C=O) groups is 2. The molecule has 0 radical (unpaired) electrons. The number of fused-ring (bicyclic) bond motifs is 1.